The van der Waals surface area contributed by atoms with Crippen molar-refractivity contribution in [3.05, 3.63) is 81.5 Å². The van der Waals surface area contributed by atoms with Gasteiger partial charge in [0.15, 0.2) is 0 Å². The summed E-state index contributed by atoms with van der Waals surface area (Å²) in [4.78, 5) is 12.0. The Balaban J connectivity index is 1.70. The number of ether oxygens (including phenoxy) is 1. The first-order valence-corrected chi connectivity index (χ1v) is 8.70. The number of carbonyl (C=O) groups excluding carboxylic acids is 1. The second-order valence-electron chi connectivity index (χ2n) is 5.83. The zero-order valence-electron chi connectivity index (χ0n) is 14.3. The lowest BCUT2D eigenvalue weighted by Crippen LogP contribution is -2.03. The molecule has 132 valence electrons. The van der Waals surface area contributed by atoms with E-state index in [1.54, 1.807) is 42.5 Å². The van der Waals surface area contributed by atoms with E-state index in [2.05, 4.69) is 0 Å². The van der Waals surface area contributed by atoms with Crippen LogP contribution in [-0.2, 0) is 4.79 Å². The molecule has 0 spiro atoms. The third-order valence-corrected chi connectivity index (χ3v) is 4.45. The molecule has 0 aliphatic rings. The first kappa shape index (κ1) is 18.3. The molecule has 0 saturated carbocycles. The second kappa shape index (κ2) is 7.81. The van der Waals surface area contributed by atoms with Gasteiger partial charge in [0.2, 0.25) is 0 Å². The summed E-state index contributed by atoms with van der Waals surface area (Å²) < 4.78 is 11.0. The van der Waals surface area contributed by atoms with Crippen LogP contribution < -0.4 is 4.74 Å². The molecule has 1 heterocycles. The molecule has 0 aliphatic heterocycles. The van der Waals surface area contributed by atoms with E-state index >= 15 is 0 Å². The lowest BCUT2D eigenvalue weighted by Gasteiger charge is -2.04. The van der Waals surface area contributed by atoms with Gasteiger partial charge in [-0.2, -0.15) is 0 Å². The van der Waals surface area contributed by atoms with Gasteiger partial charge in [-0.25, -0.2) is 4.79 Å². The van der Waals surface area contributed by atoms with Gasteiger partial charge in [-0.15, -0.1) is 0 Å². The fourth-order valence-corrected chi connectivity index (χ4v) is 2.86. The van der Waals surface area contributed by atoms with E-state index in [1.165, 1.54) is 6.08 Å². The summed E-state index contributed by atoms with van der Waals surface area (Å²) in [6.45, 7) is 3.97. The molecule has 5 heteroatoms. The summed E-state index contributed by atoms with van der Waals surface area (Å²) in [7, 11) is 0. The highest BCUT2D eigenvalue weighted by Gasteiger charge is 2.09. The molecule has 0 bridgehead atoms. The highest BCUT2D eigenvalue weighted by molar-refractivity contribution is 6.36. The molecule has 0 N–H and O–H groups in total. The van der Waals surface area contributed by atoms with Crippen LogP contribution in [0.25, 0.3) is 17.4 Å². The van der Waals surface area contributed by atoms with Crippen molar-refractivity contribution in [3.8, 4) is 17.1 Å². The molecule has 0 atom stereocenters. The molecule has 26 heavy (non-hydrogen) atoms. The fraction of sp³-hybridized carbons (Fsp3) is 0.0952. The predicted octanol–water partition coefficient (Wildman–Crippen LogP) is 6.49. The Morgan fingerprint density at radius 1 is 1.00 bits per heavy atom. The van der Waals surface area contributed by atoms with Crippen molar-refractivity contribution in [2.75, 3.05) is 0 Å². The van der Waals surface area contributed by atoms with Gasteiger partial charge in [-0.3, -0.25) is 0 Å². The maximum atomic E-state index is 12.0. The van der Waals surface area contributed by atoms with Crippen molar-refractivity contribution in [2.24, 2.45) is 0 Å². The Bertz CT molecular complexity index is 987. The molecule has 0 fully saturated rings. The number of furan rings is 1. The number of esters is 1. The summed E-state index contributed by atoms with van der Waals surface area (Å²) in [5.41, 5.74) is 2.94. The lowest BCUT2D eigenvalue weighted by atomic mass is 10.1. The first-order chi connectivity index (χ1) is 12.4. The maximum Gasteiger partial charge on any atom is 0.336 e. The van der Waals surface area contributed by atoms with Crippen molar-refractivity contribution < 1.29 is 13.9 Å². The third kappa shape index (κ3) is 4.37. The predicted molar refractivity (Wildman–Crippen MR) is 105 cm³/mol. The maximum absolute atomic E-state index is 12.0. The van der Waals surface area contributed by atoms with Crippen LogP contribution >= 0.6 is 23.2 Å². The number of hydrogen-bond acceptors (Lipinski definition) is 3. The number of aryl methyl sites for hydroxylation is 2. The number of carbonyl (C=O) groups is 1. The van der Waals surface area contributed by atoms with Crippen molar-refractivity contribution in [1.29, 1.82) is 0 Å². The van der Waals surface area contributed by atoms with Crippen LogP contribution in [0.5, 0.6) is 5.75 Å². The van der Waals surface area contributed by atoms with Crippen LogP contribution in [0, 0.1) is 13.8 Å². The van der Waals surface area contributed by atoms with Gasteiger partial charge in [0.25, 0.3) is 0 Å². The van der Waals surface area contributed by atoms with Crippen LogP contribution in [0.1, 0.15) is 16.9 Å². The van der Waals surface area contributed by atoms with Gasteiger partial charge >= 0.3 is 5.97 Å². The van der Waals surface area contributed by atoms with E-state index in [0.29, 0.717) is 27.3 Å². The van der Waals surface area contributed by atoms with E-state index in [-0.39, 0.29) is 0 Å². The number of halogens is 2. The van der Waals surface area contributed by atoms with Crippen LogP contribution in [-0.4, -0.2) is 5.97 Å². The van der Waals surface area contributed by atoms with Gasteiger partial charge < -0.3 is 9.15 Å². The van der Waals surface area contributed by atoms with E-state index in [1.807, 2.05) is 26.0 Å². The molecule has 0 saturated heterocycles. The minimum Gasteiger partial charge on any atom is -0.457 e. The van der Waals surface area contributed by atoms with Crippen LogP contribution in [0.3, 0.4) is 0 Å². The van der Waals surface area contributed by atoms with E-state index < -0.39 is 5.97 Å². The molecule has 1 aromatic heterocycles. The topological polar surface area (TPSA) is 39.4 Å². The van der Waals surface area contributed by atoms with E-state index in [9.17, 15) is 4.79 Å². The van der Waals surface area contributed by atoms with Crippen molar-refractivity contribution in [1.82, 2.24) is 0 Å². The Morgan fingerprint density at radius 2 is 1.81 bits per heavy atom. The van der Waals surface area contributed by atoms with Crippen molar-refractivity contribution >= 4 is 35.2 Å². The Labute approximate surface area is 161 Å². The van der Waals surface area contributed by atoms with Gasteiger partial charge in [0.1, 0.15) is 17.3 Å². The average molecular weight is 387 g/mol. The first-order valence-electron chi connectivity index (χ1n) is 7.95. The summed E-state index contributed by atoms with van der Waals surface area (Å²) in [6.07, 6.45) is 2.87. The molecule has 0 aliphatic carbocycles. The Hall–Kier alpha value is -2.49. The molecule has 0 radical (unpaired) electrons. The highest BCUT2D eigenvalue weighted by Crippen LogP contribution is 2.31. The average Bonchev–Trinajstić information content (AvgIpc) is 3.05. The number of benzene rings is 2. The largest absolute Gasteiger partial charge is 0.457 e. The quantitative estimate of drug-likeness (QED) is 0.292. The Morgan fingerprint density at radius 3 is 2.54 bits per heavy atom. The van der Waals surface area contributed by atoms with Gasteiger partial charge in [-0.1, -0.05) is 29.3 Å². The summed E-state index contributed by atoms with van der Waals surface area (Å²) in [5, 5.41) is 1.05. The monoisotopic (exact) mass is 386 g/mol. The molecule has 3 rings (SSSR count). The lowest BCUT2D eigenvalue weighted by molar-refractivity contribution is -0.128. The minimum atomic E-state index is -0.476. The van der Waals surface area contributed by atoms with Crippen LogP contribution in [0.15, 0.2) is 59.0 Å². The second-order valence-corrected chi connectivity index (χ2v) is 6.67. The SMILES string of the molecule is Cc1ccc(OC(=O)/C=C/c2ccc(-c3ccc(Cl)cc3Cl)o2)cc1C. The molecular weight excluding hydrogens is 371 g/mol. The van der Waals surface area contributed by atoms with E-state index in [0.717, 1.165) is 16.7 Å². The highest BCUT2D eigenvalue weighted by atomic mass is 35.5. The zero-order valence-corrected chi connectivity index (χ0v) is 15.8. The molecule has 0 amide bonds. The van der Waals surface area contributed by atoms with E-state index in [4.69, 9.17) is 32.4 Å². The standard InChI is InChI=1S/C21H16Cl2O3/c1-13-3-5-17(11-14(13)2)26-21(24)10-7-16-6-9-20(25-16)18-8-4-15(22)12-19(18)23/h3-12H,1-2H3/b10-7+. The smallest absolute Gasteiger partial charge is 0.336 e. The van der Waals surface area contributed by atoms with Crippen LogP contribution in [0.4, 0.5) is 0 Å². The molecule has 0 unspecified atom stereocenters. The normalized spacial score (nSPS) is 11.1. The Kier molecular flexibility index (Phi) is 5.50. The summed E-state index contributed by atoms with van der Waals surface area (Å²) in [5.74, 6) is 1.14. The van der Waals surface area contributed by atoms with Crippen LogP contribution in [0.2, 0.25) is 10.0 Å². The van der Waals surface area contributed by atoms with Crippen molar-refractivity contribution in [3.63, 3.8) is 0 Å². The zero-order chi connectivity index (χ0) is 18.7. The molecular formula is C21H16Cl2O3. The molecule has 2 aromatic carbocycles. The third-order valence-electron chi connectivity index (χ3n) is 3.90. The van der Waals surface area contributed by atoms with Gasteiger partial charge in [0, 0.05) is 16.7 Å². The molecule has 3 nitrogen and oxygen atoms in total. The minimum absolute atomic E-state index is 0.476. The number of hydrogen-bond donors (Lipinski definition) is 0. The molecule has 3 aromatic rings. The number of rotatable bonds is 4. The van der Waals surface area contributed by atoms with Gasteiger partial charge in [0.05, 0.1) is 5.02 Å². The fourth-order valence-electron chi connectivity index (χ4n) is 2.35. The summed E-state index contributed by atoms with van der Waals surface area (Å²) in [6, 6.07) is 14.2. The summed E-state index contributed by atoms with van der Waals surface area (Å²) >= 11 is 12.1. The van der Waals surface area contributed by atoms with Crippen molar-refractivity contribution in [2.45, 2.75) is 13.8 Å². The van der Waals surface area contributed by atoms with Gasteiger partial charge in [-0.05, 0) is 73.5 Å².